The van der Waals surface area contributed by atoms with E-state index in [1.54, 1.807) is 0 Å². The van der Waals surface area contributed by atoms with Crippen LogP contribution in [0, 0.1) is 23.7 Å². The van der Waals surface area contributed by atoms with E-state index in [4.69, 9.17) is 4.74 Å². The minimum atomic E-state index is -0.856. The lowest BCUT2D eigenvalue weighted by Crippen LogP contribution is -2.40. The van der Waals surface area contributed by atoms with E-state index in [1.807, 2.05) is 30.3 Å². The number of aliphatic hydroxyl groups excluding tert-OH is 1. The first kappa shape index (κ1) is 15.5. The molecule has 0 radical (unpaired) electrons. The molecule has 4 rings (SSSR count). The highest BCUT2D eigenvalue weighted by Crippen LogP contribution is 2.52. The second-order valence-corrected chi connectivity index (χ2v) is 6.94. The normalized spacial score (nSPS) is 31.8. The van der Waals surface area contributed by atoms with Gasteiger partial charge in [-0.25, -0.2) is 0 Å². The molecule has 1 saturated carbocycles. The monoisotopic (exact) mass is 327 g/mol. The van der Waals surface area contributed by atoms with E-state index < -0.39 is 6.10 Å². The Labute approximate surface area is 140 Å². The molecule has 1 heterocycles. The van der Waals surface area contributed by atoms with Crippen molar-refractivity contribution >= 4 is 11.8 Å². The fraction of sp³-hybridized carbons (Fsp3) is 0.474. The van der Waals surface area contributed by atoms with Crippen LogP contribution in [0.3, 0.4) is 0 Å². The summed E-state index contributed by atoms with van der Waals surface area (Å²) in [6.45, 7) is 0.532. The quantitative estimate of drug-likeness (QED) is 0.633. The Bertz CT molecular complexity index is 641. The number of allylic oxidation sites excluding steroid dienone is 2. The maximum absolute atomic E-state index is 12.5. The number of rotatable bonds is 6. The molecule has 2 fully saturated rings. The van der Waals surface area contributed by atoms with Crippen molar-refractivity contribution in [3.63, 3.8) is 0 Å². The smallest absolute Gasteiger partial charge is 0.233 e. The van der Waals surface area contributed by atoms with Crippen LogP contribution in [0.4, 0.5) is 0 Å². The Balaban J connectivity index is 1.31. The number of nitrogens with zero attached hydrogens (tertiary/aromatic N) is 1. The van der Waals surface area contributed by atoms with Gasteiger partial charge in [-0.1, -0.05) is 42.5 Å². The molecule has 1 aromatic rings. The van der Waals surface area contributed by atoms with Crippen molar-refractivity contribution in [1.29, 1.82) is 0 Å². The van der Waals surface area contributed by atoms with E-state index in [-0.39, 0.29) is 48.6 Å². The molecular formula is C19H21NO4. The molecule has 126 valence electrons. The van der Waals surface area contributed by atoms with Crippen molar-refractivity contribution in [2.75, 3.05) is 13.2 Å². The number of ether oxygens (including phenoxy) is 1. The zero-order chi connectivity index (χ0) is 16.7. The van der Waals surface area contributed by atoms with E-state index in [2.05, 4.69) is 12.2 Å². The molecule has 2 bridgehead atoms. The summed E-state index contributed by atoms with van der Waals surface area (Å²) in [5.74, 6) is -0.247. The van der Waals surface area contributed by atoms with Gasteiger partial charge in [0.05, 0.1) is 37.7 Å². The number of fused-ring (bicyclic) bond motifs is 5. The van der Waals surface area contributed by atoms with Crippen LogP contribution in [-0.4, -0.2) is 41.1 Å². The Morgan fingerprint density at radius 2 is 1.71 bits per heavy atom. The Kier molecular flexibility index (Phi) is 3.98. The lowest BCUT2D eigenvalue weighted by Gasteiger charge is -2.20. The third-order valence-electron chi connectivity index (χ3n) is 5.38. The van der Waals surface area contributed by atoms with Crippen LogP contribution in [0.15, 0.2) is 42.5 Å². The second-order valence-electron chi connectivity index (χ2n) is 6.94. The van der Waals surface area contributed by atoms with Crippen LogP contribution >= 0.6 is 0 Å². The number of aliphatic hydroxyl groups is 1. The van der Waals surface area contributed by atoms with E-state index in [1.165, 1.54) is 4.90 Å². The van der Waals surface area contributed by atoms with Crippen molar-refractivity contribution in [3.05, 3.63) is 48.0 Å². The minimum absolute atomic E-state index is 0.0267. The standard InChI is InChI=1S/C19H21NO4/c21-15(11-24-10-12-4-2-1-3-5-12)9-20-18(22)16-13-6-7-14(8-13)17(16)19(20)23/h1-7,13-17,21H,8-11H2/t13-,14+,15?,16-,17-/m0/s1. The highest BCUT2D eigenvalue weighted by molar-refractivity contribution is 6.06. The van der Waals surface area contributed by atoms with Gasteiger partial charge in [-0.15, -0.1) is 0 Å². The molecule has 24 heavy (non-hydrogen) atoms. The third-order valence-corrected chi connectivity index (χ3v) is 5.38. The largest absolute Gasteiger partial charge is 0.389 e. The first-order valence-corrected chi connectivity index (χ1v) is 8.48. The Morgan fingerprint density at radius 3 is 2.33 bits per heavy atom. The first-order chi connectivity index (χ1) is 11.6. The van der Waals surface area contributed by atoms with Gasteiger partial charge in [-0.2, -0.15) is 0 Å². The van der Waals surface area contributed by atoms with Crippen LogP contribution < -0.4 is 0 Å². The van der Waals surface area contributed by atoms with Crippen LogP contribution in [0.1, 0.15) is 12.0 Å². The molecule has 5 heteroatoms. The van der Waals surface area contributed by atoms with Gasteiger partial charge in [-0.3, -0.25) is 14.5 Å². The number of β-amino-alcohol motifs (C(OH)–C–C–N with tert-alkyl or cyclic N) is 1. The van der Waals surface area contributed by atoms with Crippen molar-refractivity contribution in [3.8, 4) is 0 Å². The van der Waals surface area contributed by atoms with Gasteiger partial charge in [0.25, 0.3) is 0 Å². The molecule has 1 saturated heterocycles. The summed E-state index contributed by atoms with van der Waals surface area (Å²) in [5, 5.41) is 10.1. The number of likely N-dealkylation sites (tertiary alicyclic amines) is 1. The fourth-order valence-electron chi connectivity index (χ4n) is 4.29. The molecular weight excluding hydrogens is 306 g/mol. The molecule has 2 amide bonds. The van der Waals surface area contributed by atoms with E-state index in [0.29, 0.717) is 6.61 Å². The molecule has 2 aliphatic carbocycles. The van der Waals surface area contributed by atoms with E-state index >= 15 is 0 Å². The summed E-state index contributed by atoms with van der Waals surface area (Å²) in [7, 11) is 0. The average Bonchev–Trinajstić information content (AvgIpc) is 3.26. The molecule has 1 unspecified atom stereocenters. The van der Waals surface area contributed by atoms with Crippen molar-refractivity contribution in [2.24, 2.45) is 23.7 Å². The predicted octanol–water partition coefficient (Wildman–Crippen LogP) is 1.37. The molecule has 5 nitrogen and oxygen atoms in total. The lowest BCUT2D eigenvalue weighted by molar-refractivity contribution is -0.143. The molecule has 0 spiro atoms. The number of carbonyl (C=O) groups is 2. The maximum Gasteiger partial charge on any atom is 0.233 e. The predicted molar refractivity (Wildman–Crippen MR) is 86.5 cm³/mol. The highest BCUT2D eigenvalue weighted by Gasteiger charge is 2.59. The molecule has 5 atom stereocenters. The molecule has 0 aromatic heterocycles. The average molecular weight is 327 g/mol. The van der Waals surface area contributed by atoms with Gasteiger partial charge in [0.1, 0.15) is 0 Å². The maximum atomic E-state index is 12.5. The Hall–Kier alpha value is -1.98. The van der Waals surface area contributed by atoms with Crippen molar-refractivity contribution < 1.29 is 19.4 Å². The number of hydrogen-bond acceptors (Lipinski definition) is 4. The number of carbonyl (C=O) groups excluding carboxylic acids is 2. The fourth-order valence-corrected chi connectivity index (χ4v) is 4.29. The highest BCUT2D eigenvalue weighted by atomic mass is 16.5. The summed E-state index contributed by atoms with van der Waals surface area (Å²) in [6.07, 6.45) is 4.20. The van der Waals surface area contributed by atoms with Crippen LogP contribution in [0.5, 0.6) is 0 Å². The van der Waals surface area contributed by atoms with Crippen molar-refractivity contribution in [1.82, 2.24) is 4.90 Å². The number of benzene rings is 1. The van der Waals surface area contributed by atoms with Gasteiger partial charge in [-0.05, 0) is 23.8 Å². The zero-order valence-electron chi connectivity index (χ0n) is 13.4. The third kappa shape index (κ3) is 2.58. The topological polar surface area (TPSA) is 66.8 Å². The van der Waals surface area contributed by atoms with Crippen LogP contribution in [0.2, 0.25) is 0 Å². The second kappa shape index (κ2) is 6.15. The number of imide groups is 1. The van der Waals surface area contributed by atoms with Crippen LogP contribution in [-0.2, 0) is 20.9 Å². The summed E-state index contributed by atoms with van der Waals surface area (Å²) in [6, 6.07) is 9.69. The Morgan fingerprint density at radius 1 is 1.08 bits per heavy atom. The number of hydrogen-bond donors (Lipinski definition) is 1. The molecule has 1 aromatic carbocycles. The van der Waals surface area contributed by atoms with Gasteiger partial charge in [0.2, 0.25) is 11.8 Å². The van der Waals surface area contributed by atoms with Gasteiger partial charge in [0.15, 0.2) is 0 Å². The minimum Gasteiger partial charge on any atom is -0.389 e. The number of amides is 2. The van der Waals surface area contributed by atoms with Gasteiger partial charge in [0, 0.05) is 0 Å². The lowest BCUT2D eigenvalue weighted by atomic mass is 9.85. The first-order valence-electron chi connectivity index (χ1n) is 8.48. The molecule has 1 aliphatic heterocycles. The van der Waals surface area contributed by atoms with Gasteiger partial charge >= 0.3 is 0 Å². The van der Waals surface area contributed by atoms with Crippen molar-refractivity contribution in [2.45, 2.75) is 19.1 Å². The molecule has 3 aliphatic rings. The summed E-state index contributed by atoms with van der Waals surface area (Å²) in [5.41, 5.74) is 1.02. The summed E-state index contributed by atoms with van der Waals surface area (Å²) >= 11 is 0. The summed E-state index contributed by atoms with van der Waals surface area (Å²) in [4.78, 5) is 26.3. The summed E-state index contributed by atoms with van der Waals surface area (Å²) < 4.78 is 5.50. The van der Waals surface area contributed by atoms with E-state index in [9.17, 15) is 14.7 Å². The molecule has 1 N–H and O–H groups in total. The van der Waals surface area contributed by atoms with Crippen LogP contribution in [0.25, 0.3) is 0 Å². The van der Waals surface area contributed by atoms with E-state index in [0.717, 1.165) is 12.0 Å². The van der Waals surface area contributed by atoms with Gasteiger partial charge < -0.3 is 9.84 Å². The SMILES string of the molecule is O=C1[C@@H]2[C@@H](C(=O)N1CC(O)COCc1ccccc1)[C@H]1C=C[C@@H]2C1. The zero-order valence-corrected chi connectivity index (χ0v) is 13.4.